The number of anilines is 1. The molecule has 0 amide bonds. The number of nitrogens with zero attached hydrogens (tertiary/aromatic N) is 3. The Morgan fingerprint density at radius 2 is 1.96 bits per heavy atom. The van der Waals surface area contributed by atoms with Gasteiger partial charge in [-0.15, -0.1) is 11.3 Å². The first-order chi connectivity index (χ1) is 12.7. The third kappa shape index (κ3) is 4.42. The second-order valence-electron chi connectivity index (χ2n) is 6.14. The lowest BCUT2D eigenvalue weighted by Gasteiger charge is -2.09. The van der Waals surface area contributed by atoms with Crippen LogP contribution in [0.25, 0.3) is 21.8 Å². The fourth-order valence-corrected chi connectivity index (χ4v) is 4.15. The molecule has 0 bridgehead atoms. The average molecular weight is 427 g/mol. The van der Waals surface area contributed by atoms with E-state index in [0.717, 1.165) is 11.3 Å². The van der Waals surface area contributed by atoms with E-state index in [1.165, 1.54) is 23.6 Å². The number of nitrogens with one attached hydrogen (secondary N) is 1. The molecule has 0 fully saturated rings. The largest absolute Gasteiger partial charge is 0.281 e. The van der Waals surface area contributed by atoms with E-state index >= 15 is 4.39 Å². The molecule has 2 heterocycles. The monoisotopic (exact) mass is 426 g/mol. The Kier molecular flexibility index (Phi) is 5.45. The molecular weight excluding hydrogens is 411 g/mol. The highest BCUT2D eigenvalue weighted by atomic mass is 35.5. The fraction of sp³-hybridized carbons (Fsp3) is 0.235. The van der Waals surface area contributed by atoms with Crippen molar-refractivity contribution in [1.82, 2.24) is 15.0 Å². The molecule has 3 aromatic rings. The minimum absolute atomic E-state index is 0.0749. The molecule has 0 aliphatic heterocycles. The van der Waals surface area contributed by atoms with Crippen molar-refractivity contribution >= 4 is 38.6 Å². The van der Waals surface area contributed by atoms with Crippen molar-refractivity contribution in [2.24, 2.45) is 0 Å². The van der Waals surface area contributed by atoms with Crippen LogP contribution in [0.1, 0.15) is 24.8 Å². The van der Waals surface area contributed by atoms with Crippen molar-refractivity contribution < 1.29 is 12.8 Å². The van der Waals surface area contributed by atoms with Crippen LogP contribution in [0.15, 0.2) is 30.5 Å². The number of sulfonamides is 1. The number of aromatic nitrogens is 3. The quantitative estimate of drug-likeness (QED) is 0.605. The van der Waals surface area contributed by atoms with Gasteiger partial charge < -0.3 is 0 Å². The lowest BCUT2D eigenvalue weighted by atomic mass is 10.1. The van der Waals surface area contributed by atoms with Gasteiger partial charge in [0.25, 0.3) is 0 Å². The molecule has 142 valence electrons. The highest BCUT2D eigenvalue weighted by Crippen LogP contribution is 2.40. The van der Waals surface area contributed by atoms with Gasteiger partial charge in [-0.1, -0.05) is 19.9 Å². The van der Waals surface area contributed by atoms with Gasteiger partial charge in [0.15, 0.2) is 5.82 Å². The van der Waals surface area contributed by atoms with Crippen LogP contribution in [0.4, 0.5) is 10.1 Å². The van der Waals surface area contributed by atoms with Gasteiger partial charge in [0.2, 0.25) is 15.3 Å². The van der Waals surface area contributed by atoms with E-state index in [9.17, 15) is 8.42 Å². The molecule has 10 heteroatoms. The zero-order chi connectivity index (χ0) is 19.8. The van der Waals surface area contributed by atoms with Crippen LogP contribution >= 0.6 is 22.9 Å². The summed E-state index contributed by atoms with van der Waals surface area (Å²) in [7, 11) is -3.62. The van der Waals surface area contributed by atoms with Crippen molar-refractivity contribution in [1.29, 1.82) is 0 Å². The summed E-state index contributed by atoms with van der Waals surface area (Å²) < 4.78 is 40.2. The van der Waals surface area contributed by atoms with Gasteiger partial charge in [-0.25, -0.2) is 27.8 Å². The molecule has 0 saturated heterocycles. The Bertz CT molecular complexity index is 1100. The molecule has 0 radical (unpaired) electrons. The molecule has 0 spiro atoms. The topological polar surface area (TPSA) is 84.8 Å². The highest BCUT2D eigenvalue weighted by Gasteiger charge is 2.22. The van der Waals surface area contributed by atoms with Gasteiger partial charge >= 0.3 is 0 Å². The minimum Gasteiger partial charge on any atom is -0.281 e. The maximum Gasteiger partial charge on any atom is 0.229 e. The summed E-state index contributed by atoms with van der Waals surface area (Å²) in [5.41, 5.74) is 0.945. The third-order valence-corrected chi connectivity index (χ3v) is 5.70. The van der Waals surface area contributed by atoms with Crippen LogP contribution in [0.2, 0.25) is 5.28 Å². The lowest BCUT2D eigenvalue weighted by Crippen LogP contribution is -2.11. The summed E-state index contributed by atoms with van der Waals surface area (Å²) in [6.07, 6.45) is 2.48. The molecule has 0 unspecified atom stereocenters. The Hall–Kier alpha value is -2.10. The lowest BCUT2D eigenvalue weighted by molar-refractivity contribution is 0.604. The molecule has 0 aliphatic carbocycles. The van der Waals surface area contributed by atoms with E-state index in [1.54, 1.807) is 18.2 Å². The number of benzene rings is 1. The fourth-order valence-electron chi connectivity index (χ4n) is 2.39. The van der Waals surface area contributed by atoms with Crippen LogP contribution in [0.5, 0.6) is 0 Å². The van der Waals surface area contributed by atoms with E-state index in [0.29, 0.717) is 16.3 Å². The third-order valence-electron chi connectivity index (χ3n) is 3.55. The summed E-state index contributed by atoms with van der Waals surface area (Å²) in [6.45, 7) is 3.97. The van der Waals surface area contributed by atoms with Crippen molar-refractivity contribution in [2.45, 2.75) is 19.8 Å². The molecule has 27 heavy (non-hydrogen) atoms. The van der Waals surface area contributed by atoms with Gasteiger partial charge in [-0.2, -0.15) is 0 Å². The van der Waals surface area contributed by atoms with Crippen LogP contribution < -0.4 is 4.72 Å². The summed E-state index contributed by atoms with van der Waals surface area (Å²) in [5.74, 6) is -0.579. The maximum absolute atomic E-state index is 15.1. The van der Waals surface area contributed by atoms with Crippen LogP contribution in [-0.2, 0) is 10.0 Å². The van der Waals surface area contributed by atoms with E-state index < -0.39 is 15.8 Å². The predicted octanol–water partition coefficient (Wildman–Crippen LogP) is 4.55. The van der Waals surface area contributed by atoms with E-state index in [-0.39, 0.29) is 22.5 Å². The van der Waals surface area contributed by atoms with Crippen LogP contribution in [0.3, 0.4) is 0 Å². The van der Waals surface area contributed by atoms with Gasteiger partial charge in [-0.05, 0) is 29.8 Å². The molecular formula is C17H16ClFN4O2S2. The summed E-state index contributed by atoms with van der Waals surface area (Å²) in [4.78, 5) is 13.3. The maximum atomic E-state index is 15.1. The Labute approximate surface area is 165 Å². The molecule has 1 N–H and O–H groups in total. The van der Waals surface area contributed by atoms with Crippen molar-refractivity contribution in [3.63, 3.8) is 0 Å². The summed E-state index contributed by atoms with van der Waals surface area (Å²) in [5, 5.41) is 0.876. The molecule has 2 aromatic heterocycles. The summed E-state index contributed by atoms with van der Waals surface area (Å²) in [6, 6.07) is 6.14. The first-order valence-electron chi connectivity index (χ1n) is 7.92. The van der Waals surface area contributed by atoms with Gasteiger partial charge in [0, 0.05) is 17.7 Å². The average Bonchev–Trinajstić information content (AvgIpc) is 3.01. The highest BCUT2D eigenvalue weighted by molar-refractivity contribution is 7.92. The number of rotatable bonds is 5. The van der Waals surface area contributed by atoms with Gasteiger partial charge in [-0.3, -0.25) is 4.72 Å². The molecule has 0 saturated carbocycles. The van der Waals surface area contributed by atoms with E-state index in [1.807, 2.05) is 13.8 Å². The Morgan fingerprint density at radius 1 is 1.22 bits per heavy atom. The number of halogens is 2. The second kappa shape index (κ2) is 7.49. The van der Waals surface area contributed by atoms with E-state index in [4.69, 9.17) is 11.6 Å². The zero-order valence-electron chi connectivity index (χ0n) is 14.7. The van der Waals surface area contributed by atoms with Crippen molar-refractivity contribution in [3.05, 3.63) is 46.6 Å². The zero-order valence-corrected chi connectivity index (χ0v) is 17.1. The van der Waals surface area contributed by atoms with Crippen LogP contribution in [0, 0.1) is 5.82 Å². The van der Waals surface area contributed by atoms with Crippen molar-refractivity contribution in [2.75, 3.05) is 11.0 Å². The number of thiazole rings is 1. The second-order valence-corrected chi connectivity index (χ2v) is 9.25. The molecule has 0 atom stereocenters. The first-order valence-corrected chi connectivity index (χ1v) is 11.0. The Balaban J connectivity index is 2.21. The molecule has 1 aromatic carbocycles. The first kappa shape index (κ1) is 19.7. The smallest absolute Gasteiger partial charge is 0.229 e. The molecule has 3 rings (SSSR count). The number of hydrogen-bond acceptors (Lipinski definition) is 6. The minimum atomic E-state index is -3.62. The molecule has 6 nitrogen and oxygen atoms in total. The Morgan fingerprint density at radius 3 is 2.59 bits per heavy atom. The molecule has 0 aliphatic rings. The van der Waals surface area contributed by atoms with Crippen LogP contribution in [-0.4, -0.2) is 29.6 Å². The van der Waals surface area contributed by atoms with Crippen molar-refractivity contribution in [3.8, 4) is 21.8 Å². The SMILES string of the molecule is CC(C)c1nc(-c2cccc(NS(C)(=O)=O)c2F)c(-c2ccnc(Cl)n2)s1. The predicted molar refractivity (Wildman–Crippen MR) is 106 cm³/mol. The van der Waals surface area contributed by atoms with Gasteiger partial charge in [0.1, 0.15) is 0 Å². The van der Waals surface area contributed by atoms with Gasteiger partial charge in [0.05, 0.1) is 33.2 Å². The number of hydrogen-bond donors (Lipinski definition) is 1. The summed E-state index contributed by atoms with van der Waals surface area (Å²) >= 11 is 7.29. The van der Waals surface area contributed by atoms with E-state index in [2.05, 4.69) is 19.7 Å². The standard InChI is InChI=1S/C17H16ClFN4O2S2/c1-9(2)16-22-14(15(26-16)12-7-8-20-17(18)21-12)10-5-4-6-11(13(10)19)23-27(3,24)25/h4-9,23H,1-3H3. The normalized spacial score (nSPS) is 11.8.